The molecular formula is C15H27N3O5. The molecule has 0 aromatic rings. The van der Waals surface area contributed by atoms with E-state index in [4.69, 9.17) is 9.47 Å². The van der Waals surface area contributed by atoms with Crippen molar-refractivity contribution in [1.29, 1.82) is 0 Å². The Kier molecular flexibility index (Phi) is 7.28. The van der Waals surface area contributed by atoms with E-state index in [0.29, 0.717) is 25.9 Å². The molecule has 0 atom stereocenters. The van der Waals surface area contributed by atoms with E-state index in [1.807, 2.05) is 0 Å². The molecular weight excluding hydrogens is 302 g/mol. The molecule has 1 aliphatic heterocycles. The van der Waals surface area contributed by atoms with Gasteiger partial charge in [-0.25, -0.2) is 4.79 Å². The van der Waals surface area contributed by atoms with Gasteiger partial charge < -0.3 is 25.0 Å². The molecule has 0 spiro atoms. The van der Waals surface area contributed by atoms with Crippen molar-refractivity contribution in [3.05, 3.63) is 0 Å². The average molecular weight is 329 g/mol. The fraction of sp³-hybridized carbons (Fsp3) is 0.800. The van der Waals surface area contributed by atoms with Gasteiger partial charge in [-0.1, -0.05) is 0 Å². The first-order valence-electron chi connectivity index (χ1n) is 7.74. The Morgan fingerprint density at radius 1 is 1.17 bits per heavy atom. The number of carbonyl (C=O) groups is 3. The van der Waals surface area contributed by atoms with Gasteiger partial charge in [0, 0.05) is 26.2 Å². The van der Waals surface area contributed by atoms with Crippen molar-refractivity contribution in [1.82, 2.24) is 15.5 Å². The topological polar surface area (TPSA) is 97.0 Å². The highest BCUT2D eigenvalue weighted by atomic mass is 16.6. The highest BCUT2D eigenvalue weighted by molar-refractivity contribution is 5.82. The fourth-order valence-corrected chi connectivity index (χ4v) is 2.23. The molecule has 0 aliphatic carbocycles. The first kappa shape index (κ1) is 19.2. The molecule has 1 heterocycles. The van der Waals surface area contributed by atoms with E-state index in [0.717, 1.165) is 0 Å². The molecule has 8 heteroatoms. The van der Waals surface area contributed by atoms with Crippen LogP contribution in [0.3, 0.4) is 0 Å². The van der Waals surface area contributed by atoms with Gasteiger partial charge in [0.2, 0.25) is 11.8 Å². The summed E-state index contributed by atoms with van der Waals surface area (Å²) in [5.41, 5.74) is -0.595. The number of hydrogen-bond donors (Lipinski definition) is 2. The zero-order chi connectivity index (χ0) is 17.5. The monoisotopic (exact) mass is 329 g/mol. The van der Waals surface area contributed by atoms with Crippen molar-refractivity contribution >= 4 is 17.9 Å². The van der Waals surface area contributed by atoms with E-state index in [-0.39, 0.29) is 31.0 Å². The molecule has 1 fully saturated rings. The smallest absolute Gasteiger partial charge is 0.408 e. The first-order valence-corrected chi connectivity index (χ1v) is 7.74. The van der Waals surface area contributed by atoms with Gasteiger partial charge in [-0.3, -0.25) is 9.59 Å². The Labute approximate surface area is 136 Å². The lowest BCUT2D eigenvalue weighted by Gasteiger charge is -2.32. The SMILES string of the molecule is COCC(=O)N1CCC(NC(=O)CNC(=O)OC(C)(C)C)CC1. The third kappa shape index (κ3) is 7.83. The molecule has 1 rings (SSSR count). The molecule has 0 bridgehead atoms. The summed E-state index contributed by atoms with van der Waals surface area (Å²) in [6.45, 7) is 6.40. The van der Waals surface area contributed by atoms with E-state index in [2.05, 4.69) is 10.6 Å². The zero-order valence-corrected chi connectivity index (χ0v) is 14.3. The third-order valence-corrected chi connectivity index (χ3v) is 3.27. The summed E-state index contributed by atoms with van der Waals surface area (Å²) in [4.78, 5) is 36.7. The number of methoxy groups -OCH3 is 1. The molecule has 1 saturated heterocycles. The predicted molar refractivity (Wildman–Crippen MR) is 83.9 cm³/mol. The molecule has 0 aromatic carbocycles. The number of ether oxygens (including phenoxy) is 2. The van der Waals surface area contributed by atoms with Crippen molar-refractivity contribution in [3.8, 4) is 0 Å². The van der Waals surface area contributed by atoms with Crippen LogP contribution in [0.15, 0.2) is 0 Å². The van der Waals surface area contributed by atoms with E-state index in [9.17, 15) is 14.4 Å². The molecule has 0 radical (unpaired) electrons. The predicted octanol–water partition coefficient (Wildman–Crippen LogP) is 0.265. The summed E-state index contributed by atoms with van der Waals surface area (Å²) in [6, 6.07) is 0.00883. The standard InChI is InChI=1S/C15H27N3O5/c1-15(2,3)23-14(21)16-9-12(19)17-11-5-7-18(8-6-11)13(20)10-22-4/h11H,5-10H2,1-4H3,(H,16,21)(H,17,19). The third-order valence-electron chi connectivity index (χ3n) is 3.27. The largest absolute Gasteiger partial charge is 0.444 e. The van der Waals surface area contributed by atoms with Gasteiger partial charge in [-0.05, 0) is 33.6 Å². The number of piperidine rings is 1. The number of nitrogens with one attached hydrogen (secondary N) is 2. The minimum atomic E-state index is -0.618. The average Bonchev–Trinajstić information content (AvgIpc) is 2.44. The molecule has 0 unspecified atom stereocenters. The molecule has 1 aliphatic rings. The first-order chi connectivity index (χ1) is 10.7. The van der Waals surface area contributed by atoms with Crippen LogP contribution in [0.1, 0.15) is 33.6 Å². The number of alkyl carbamates (subject to hydrolysis) is 1. The number of carbonyl (C=O) groups excluding carboxylic acids is 3. The molecule has 0 aromatic heterocycles. The van der Waals surface area contributed by atoms with Gasteiger partial charge in [-0.15, -0.1) is 0 Å². The van der Waals surface area contributed by atoms with Gasteiger partial charge in [0.15, 0.2) is 0 Å². The van der Waals surface area contributed by atoms with Crippen molar-refractivity contribution in [3.63, 3.8) is 0 Å². The second-order valence-corrected chi connectivity index (χ2v) is 6.51. The van der Waals surface area contributed by atoms with Crippen LogP contribution in [-0.2, 0) is 19.1 Å². The highest BCUT2D eigenvalue weighted by Gasteiger charge is 2.24. The molecule has 2 N–H and O–H groups in total. The van der Waals surface area contributed by atoms with Crippen LogP contribution in [0, 0.1) is 0 Å². The maximum atomic E-state index is 11.8. The van der Waals surface area contributed by atoms with Crippen LogP contribution in [0.4, 0.5) is 4.79 Å². The Balaban J connectivity index is 2.24. The summed E-state index contributed by atoms with van der Waals surface area (Å²) in [6.07, 6.45) is 0.758. The minimum absolute atomic E-state index is 0.00883. The molecule has 132 valence electrons. The van der Waals surface area contributed by atoms with Crippen molar-refractivity contribution in [2.75, 3.05) is 33.4 Å². The Morgan fingerprint density at radius 2 is 1.78 bits per heavy atom. The zero-order valence-electron chi connectivity index (χ0n) is 14.3. The maximum Gasteiger partial charge on any atom is 0.408 e. The summed E-state index contributed by atoms with van der Waals surface area (Å²) in [5.74, 6) is -0.304. The van der Waals surface area contributed by atoms with E-state index in [1.54, 1.807) is 25.7 Å². The number of likely N-dealkylation sites (tertiary alicyclic amines) is 1. The van der Waals surface area contributed by atoms with Crippen LogP contribution >= 0.6 is 0 Å². The maximum absolute atomic E-state index is 11.8. The lowest BCUT2D eigenvalue weighted by molar-refractivity contribution is -0.136. The quantitative estimate of drug-likeness (QED) is 0.754. The van der Waals surface area contributed by atoms with Crippen LogP contribution in [0.25, 0.3) is 0 Å². The van der Waals surface area contributed by atoms with Gasteiger partial charge in [0.1, 0.15) is 18.8 Å². The number of nitrogens with zero attached hydrogens (tertiary/aromatic N) is 1. The van der Waals surface area contributed by atoms with Crippen LogP contribution in [0.5, 0.6) is 0 Å². The molecule has 3 amide bonds. The number of hydrogen-bond acceptors (Lipinski definition) is 5. The van der Waals surface area contributed by atoms with Crippen LogP contribution in [0.2, 0.25) is 0 Å². The van der Waals surface area contributed by atoms with E-state index in [1.165, 1.54) is 7.11 Å². The molecule has 0 saturated carbocycles. The lowest BCUT2D eigenvalue weighted by Crippen LogP contribution is -2.49. The number of amides is 3. The van der Waals surface area contributed by atoms with E-state index >= 15 is 0 Å². The van der Waals surface area contributed by atoms with Crippen molar-refractivity contribution in [2.24, 2.45) is 0 Å². The van der Waals surface area contributed by atoms with Crippen molar-refractivity contribution in [2.45, 2.75) is 45.3 Å². The molecule has 8 nitrogen and oxygen atoms in total. The van der Waals surface area contributed by atoms with Gasteiger partial charge in [0.05, 0.1) is 0 Å². The second-order valence-electron chi connectivity index (χ2n) is 6.51. The molecule has 23 heavy (non-hydrogen) atoms. The Hall–Kier alpha value is -1.83. The normalized spacial score (nSPS) is 15.9. The van der Waals surface area contributed by atoms with Gasteiger partial charge in [-0.2, -0.15) is 0 Å². The summed E-state index contributed by atoms with van der Waals surface area (Å²) in [5, 5.41) is 5.27. The summed E-state index contributed by atoms with van der Waals surface area (Å²) >= 11 is 0. The number of rotatable bonds is 5. The minimum Gasteiger partial charge on any atom is -0.444 e. The summed E-state index contributed by atoms with van der Waals surface area (Å²) < 4.78 is 9.88. The Bertz CT molecular complexity index is 425. The van der Waals surface area contributed by atoms with Crippen LogP contribution < -0.4 is 10.6 Å². The summed E-state index contributed by atoms with van der Waals surface area (Å²) in [7, 11) is 1.49. The highest BCUT2D eigenvalue weighted by Crippen LogP contribution is 2.10. The second kappa shape index (κ2) is 8.71. The van der Waals surface area contributed by atoms with Crippen molar-refractivity contribution < 1.29 is 23.9 Å². The van der Waals surface area contributed by atoms with E-state index < -0.39 is 11.7 Å². The van der Waals surface area contributed by atoms with Crippen LogP contribution in [-0.4, -0.2) is 67.8 Å². The van der Waals surface area contributed by atoms with Gasteiger partial charge in [0.25, 0.3) is 0 Å². The Morgan fingerprint density at radius 3 is 2.30 bits per heavy atom. The fourth-order valence-electron chi connectivity index (χ4n) is 2.23. The van der Waals surface area contributed by atoms with Gasteiger partial charge >= 0.3 is 6.09 Å². The lowest BCUT2D eigenvalue weighted by atomic mass is 10.0.